The molecule has 0 saturated carbocycles. The van der Waals surface area contributed by atoms with Crippen LogP contribution in [0.3, 0.4) is 0 Å². The number of hydrogen-bond donors (Lipinski definition) is 1. The molecule has 0 spiro atoms. The third-order valence-corrected chi connectivity index (χ3v) is 3.96. The van der Waals surface area contributed by atoms with Gasteiger partial charge in [0.2, 0.25) is 0 Å². The van der Waals surface area contributed by atoms with E-state index in [-0.39, 0.29) is 18.0 Å². The van der Waals surface area contributed by atoms with Gasteiger partial charge in [0.05, 0.1) is 12.7 Å². The summed E-state index contributed by atoms with van der Waals surface area (Å²) in [6.07, 6.45) is 0.965. The van der Waals surface area contributed by atoms with Crippen molar-refractivity contribution in [2.45, 2.75) is 32.4 Å². The van der Waals surface area contributed by atoms with Crippen molar-refractivity contribution < 1.29 is 9.13 Å². The van der Waals surface area contributed by atoms with E-state index in [9.17, 15) is 4.39 Å². The van der Waals surface area contributed by atoms with Gasteiger partial charge in [0, 0.05) is 19.1 Å². The first-order chi connectivity index (χ1) is 9.60. The van der Waals surface area contributed by atoms with Gasteiger partial charge in [-0.25, -0.2) is 4.39 Å². The number of benzene rings is 1. The van der Waals surface area contributed by atoms with Crippen LogP contribution in [-0.4, -0.2) is 50.3 Å². The molecule has 1 heterocycles. The van der Waals surface area contributed by atoms with E-state index in [2.05, 4.69) is 24.2 Å². The normalized spacial score (nSPS) is 21.9. The maximum atomic E-state index is 13.4. The first kappa shape index (κ1) is 15.4. The Kier molecular flexibility index (Phi) is 5.52. The molecule has 0 radical (unpaired) electrons. The Labute approximate surface area is 121 Å². The highest BCUT2D eigenvalue weighted by Crippen LogP contribution is 2.17. The molecule has 1 aromatic carbocycles. The first-order valence-corrected chi connectivity index (χ1v) is 7.38. The lowest BCUT2D eigenvalue weighted by molar-refractivity contribution is -0.0381. The zero-order chi connectivity index (χ0) is 14.5. The molecule has 0 aromatic heterocycles. The summed E-state index contributed by atoms with van der Waals surface area (Å²) in [5.41, 5.74) is 2.20. The fourth-order valence-corrected chi connectivity index (χ4v) is 2.75. The highest BCUT2D eigenvalue weighted by molar-refractivity contribution is 5.27. The first-order valence-electron chi connectivity index (χ1n) is 7.38. The largest absolute Gasteiger partial charge is 0.374 e. The molecule has 2 atom stereocenters. The molecule has 1 aromatic rings. The number of nitrogens with zero attached hydrogens (tertiary/aromatic N) is 1. The van der Waals surface area contributed by atoms with E-state index in [0.29, 0.717) is 0 Å². The molecule has 112 valence electrons. The number of aryl methyl sites for hydroxylation is 1. The van der Waals surface area contributed by atoms with Crippen molar-refractivity contribution in [3.8, 4) is 0 Å². The van der Waals surface area contributed by atoms with Crippen LogP contribution in [0.4, 0.5) is 4.39 Å². The van der Waals surface area contributed by atoms with Crippen molar-refractivity contribution in [1.82, 2.24) is 10.2 Å². The summed E-state index contributed by atoms with van der Waals surface area (Å²) in [6.45, 7) is 7.69. The van der Waals surface area contributed by atoms with Gasteiger partial charge in [-0.15, -0.1) is 0 Å². The summed E-state index contributed by atoms with van der Waals surface area (Å²) >= 11 is 0. The van der Waals surface area contributed by atoms with Crippen molar-refractivity contribution >= 4 is 0 Å². The molecule has 0 aliphatic carbocycles. The van der Waals surface area contributed by atoms with Crippen LogP contribution in [-0.2, 0) is 11.2 Å². The number of morpholine rings is 1. The average molecular weight is 280 g/mol. The Morgan fingerprint density at radius 3 is 3.00 bits per heavy atom. The molecule has 1 fully saturated rings. The van der Waals surface area contributed by atoms with Crippen LogP contribution in [0.1, 0.15) is 18.1 Å². The molecule has 20 heavy (non-hydrogen) atoms. The van der Waals surface area contributed by atoms with E-state index in [1.807, 2.05) is 13.0 Å². The molecular weight excluding hydrogens is 255 g/mol. The molecule has 1 saturated heterocycles. The van der Waals surface area contributed by atoms with Gasteiger partial charge in [0.1, 0.15) is 5.82 Å². The van der Waals surface area contributed by atoms with E-state index >= 15 is 0 Å². The van der Waals surface area contributed by atoms with E-state index < -0.39 is 0 Å². The van der Waals surface area contributed by atoms with Crippen LogP contribution in [0.15, 0.2) is 18.2 Å². The Bertz CT molecular complexity index is 438. The number of halogens is 1. The monoisotopic (exact) mass is 280 g/mol. The van der Waals surface area contributed by atoms with Crippen LogP contribution in [0, 0.1) is 12.7 Å². The number of ether oxygens (including phenoxy) is 1. The van der Waals surface area contributed by atoms with Gasteiger partial charge >= 0.3 is 0 Å². The highest BCUT2D eigenvalue weighted by atomic mass is 19.1. The zero-order valence-corrected chi connectivity index (χ0v) is 12.7. The lowest BCUT2D eigenvalue weighted by atomic mass is 9.96. The van der Waals surface area contributed by atoms with E-state index in [1.54, 1.807) is 6.07 Å². The van der Waals surface area contributed by atoms with E-state index in [0.717, 1.165) is 43.8 Å². The number of hydrogen-bond acceptors (Lipinski definition) is 3. The lowest BCUT2D eigenvalue weighted by Crippen LogP contribution is -2.52. The average Bonchev–Trinajstić information content (AvgIpc) is 2.42. The zero-order valence-electron chi connectivity index (χ0n) is 12.7. The Balaban J connectivity index is 2.10. The Hall–Kier alpha value is -0.970. The molecule has 3 nitrogen and oxygen atoms in total. The fraction of sp³-hybridized carbons (Fsp3) is 0.625. The van der Waals surface area contributed by atoms with Crippen LogP contribution < -0.4 is 5.32 Å². The molecule has 0 bridgehead atoms. The summed E-state index contributed by atoms with van der Waals surface area (Å²) in [5.74, 6) is -0.164. The van der Waals surface area contributed by atoms with Crippen LogP contribution in [0.2, 0.25) is 0 Å². The molecule has 0 amide bonds. The minimum absolute atomic E-state index is 0.163. The fourth-order valence-electron chi connectivity index (χ4n) is 2.75. The van der Waals surface area contributed by atoms with Crippen LogP contribution in [0.25, 0.3) is 0 Å². The minimum atomic E-state index is -0.164. The van der Waals surface area contributed by atoms with Crippen molar-refractivity contribution in [3.63, 3.8) is 0 Å². The maximum absolute atomic E-state index is 13.4. The van der Waals surface area contributed by atoms with E-state index in [4.69, 9.17) is 4.74 Å². The van der Waals surface area contributed by atoms with E-state index in [1.165, 1.54) is 6.07 Å². The van der Waals surface area contributed by atoms with Crippen LogP contribution in [0.5, 0.6) is 0 Å². The topological polar surface area (TPSA) is 24.5 Å². The summed E-state index contributed by atoms with van der Waals surface area (Å²) in [7, 11) is 2.12. The molecule has 2 rings (SSSR count). The third kappa shape index (κ3) is 4.01. The predicted molar refractivity (Wildman–Crippen MR) is 79.5 cm³/mol. The predicted octanol–water partition coefficient (Wildman–Crippen LogP) is 1.99. The van der Waals surface area contributed by atoms with Crippen molar-refractivity contribution in [1.29, 1.82) is 0 Å². The van der Waals surface area contributed by atoms with Crippen molar-refractivity contribution in [2.75, 3.05) is 33.3 Å². The van der Waals surface area contributed by atoms with Gasteiger partial charge < -0.3 is 15.0 Å². The number of rotatable bonds is 5. The molecule has 1 N–H and O–H groups in total. The van der Waals surface area contributed by atoms with Gasteiger partial charge in [0.25, 0.3) is 0 Å². The van der Waals surface area contributed by atoms with Gasteiger partial charge in [0.15, 0.2) is 0 Å². The van der Waals surface area contributed by atoms with Gasteiger partial charge in [-0.1, -0.05) is 13.0 Å². The summed E-state index contributed by atoms with van der Waals surface area (Å²) in [5, 5.41) is 3.49. The second-order valence-corrected chi connectivity index (χ2v) is 5.61. The summed E-state index contributed by atoms with van der Waals surface area (Å²) in [4.78, 5) is 2.29. The standard InChI is InChI=1S/C16H25FN2O/c1-4-18-15(16-11-19(3)7-8-20-16)10-13-9-14(17)6-5-12(13)2/h5-6,9,15-16,18H,4,7-8,10-11H2,1-3H3. The Morgan fingerprint density at radius 2 is 2.30 bits per heavy atom. The molecule has 2 unspecified atom stereocenters. The smallest absolute Gasteiger partial charge is 0.123 e. The van der Waals surface area contributed by atoms with Crippen molar-refractivity contribution in [3.05, 3.63) is 35.1 Å². The van der Waals surface area contributed by atoms with Crippen LogP contribution >= 0.6 is 0 Å². The number of likely N-dealkylation sites (N-methyl/N-ethyl adjacent to an activating group) is 2. The second kappa shape index (κ2) is 7.16. The molecule has 1 aliphatic heterocycles. The van der Waals surface area contributed by atoms with Gasteiger partial charge in [-0.2, -0.15) is 0 Å². The lowest BCUT2D eigenvalue weighted by Gasteiger charge is -2.35. The van der Waals surface area contributed by atoms with Crippen molar-refractivity contribution in [2.24, 2.45) is 0 Å². The van der Waals surface area contributed by atoms with Gasteiger partial charge in [-0.3, -0.25) is 0 Å². The summed E-state index contributed by atoms with van der Waals surface area (Å²) < 4.78 is 19.3. The molecular formula is C16H25FN2O. The highest BCUT2D eigenvalue weighted by Gasteiger charge is 2.26. The molecule has 4 heteroatoms. The second-order valence-electron chi connectivity index (χ2n) is 5.61. The minimum Gasteiger partial charge on any atom is -0.374 e. The maximum Gasteiger partial charge on any atom is 0.123 e. The molecule has 1 aliphatic rings. The van der Waals surface area contributed by atoms with Gasteiger partial charge in [-0.05, 0) is 50.2 Å². The Morgan fingerprint density at radius 1 is 1.50 bits per heavy atom. The number of nitrogens with one attached hydrogen (secondary N) is 1. The quantitative estimate of drug-likeness (QED) is 0.892. The third-order valence-electron chi connectivity index (χ3n) is 3.96. The SMILES string of the molecule is CCNC(Cc1cc(F)ccc1C)C1CN(C)CCO1. The summed E-state index contributed by atoms with van der Waals surface area (Å²) in [6, 6.07) is 5.24.